The molecule has 0 aromatic carbocycles. The van der Waals surface area contributed by atoms with Crippen molar-refractivity contribution in [2.24, 2.45) is 5.92 Å². The average Bonchev–Trinajstić information content (AvgIpc) is 2.92. The summed E-state index contributed by atoms with van der Waals surface area (Å²) in [5.74, 6) is 1.33. The summed E-state index contributed by atoms with van der Waals surface area (Å²) in [4.78, 5) is 18.0. The normalized spacial score (nSPS) is 18.1. The number of pyridine rings is 1. The molecule has 118 valence electrons. The molecule has 1 fully saturated rings. The second-order valence-corrected chi connectivity index (χ2v) is 7.43. The van der Waals surface area contributed by atoms with Crippen LogP contribution in [0, 0.1) is 17.2 Å². The van der Waals surface area contributed by atoms with Gasteiger partial charge in [-0.2, -0.15) is 5.26 Å². The van der Waals surface area contributed by atoms with Crippen molar-refractivity contribution >= 4 is 17.9 Å². The molecule has 2 rings (SSSR count). The molecular weight excluding hydrogens is 298 g/mol. The van der Waals surface area contributed by atoms with E-state index in [0.29, 0.717) is 11.5 Å². The van der Waals surface area contributed by atoms with Crippen LogP contribution in [0.3, 0.4) is 0 Å². The van der Waals surface area contributed by atoms with Crippen molar-refractivity contribution in [1.29, 1.82) is 5.26 Å². The van der Waals surface area contributed by atoms with Gasteiger partial charge in [0.05, 0.1) is 16.7 Å². The Bertz CT molecular complexity index is 577. The molecular formula is C16H21N3O2S. The Morgan fingerprint density at radius 3 is 3.05 bits per heavy atom. The minimum absolute atomic E-state index is 0.232. The fraction of sp³-hybridized carbons (Fsp3) is 0.562. The van der Waals surface area contributed by atoms with Crippen LogP contribution in [0.4, 0.5) is 4.79 Å². The maximum absolute atomic E-state index is 12.0. The standard InChI is InChI=1S/C16H21N3O2S/c1-16(2,3)21-15(20)19-7-5-13(10-19)11-22-14-8-12(9-17)4-6-18-14/h4,6,8,13H,5,7,10-11H2,1-3H3. The summed E-state index contributed by atoms with van der Waals surface area (Å²) in [6.45, 7) is 7.10. The molecule has 0 spiro atoms. The molecule has 1 aliphatic rings. The van der Waals surface area contributed by atoms with Gasteiger partial charge >= 0.3 is 6.09 Å². The van der Waals surface area contributed by atoms with Gasteiger partial charge in [-0.1, -0.05) is 0 Å². The average molecular weight is 319 g/mol. The van der Waals surface area contributed by atoms with Crippen LogP contribution in [-0.4, -0.2) is 40.4 Å². The first-order chi connectivity index (χ1) is 10.4. The van der Waals surface area contributed by atoms with Crippen LogP contribution in [0.1, 0.15) is 32.8 Å². The zero-order chi connectivity index (χ0) is 16.2. The van der Waals surface area contributed by atoms with Gasteiger partial charge in [0.2, 0.25) is 0 Å². The molecule has 1 aliphatic heterocycles. The van der Waals surface area contributed by atoms with Crippen LogP contribution in [0.2, 0.25) is 0 Å². The van der Waals surface area contributed by atoms with Gasteiger partial charge in [0.25, 0.3) is 0 Å². The summed E-state index contributed by atoms with van der Waals surface area (Å²) < 4.78 is 5.39. The predicted molar refractivity (Wildman–Crippen MR) is 85.6 cm³/mol. The monoisotopic (exact) mass is 319 g/mol. The molecule has 2 heterocycles. The molecule has 1 unspecified atom stereocenters. The number of thioether (sulfide) groups is 1. The molecule has 1 aromatic rings. The molecule has 1 aromatic heterocycles. The van der Waals surface area contributed by atoms with E-state index in [1.54, 1.807) is 35.0 Å². The highest BCUT2D eigenvalue weighted by Crippen LogP contribution is 2.26. The van der Waals surface area contributed by atoms with E-state index in [-0.39, 0.29) is 6.09 Å². The fourth-order valence-electron chi connectivity index (χ4n) is 2.22. The highest BCUT2D eigenvalue weighted by Gasteiger charge is 2.29. The second-order valence-electron chi connectivity index (χ2n) is 6.39. The number of carbonyl (C=O) groups excluding carboxylic acids is 1. The van der Waals surface area contributed by atoms with Crippen molar-refractivity contribution in [3.63, 3.8) is 0 Å². The van der Waals surface area contributed by atoms with Gasteiger partial charge in [-0.25, -0.2) is 9.78 Å². The topological polar surface area (TPSA) is 66.2 Å². The van der Waals surface area contributed by atoms with Crippen molar-refractivity contribution in [3.8, 4) is 6.07 Å². The summed E-state index contributed by atoms with van der Waals surface area (Å²) >= 11 is 1.63. The molecule has 0 bridgehead atoms. The smallest absolute Gasteiger partial charge is 0.410 e. The van der Waals surface area contributed by atoms with Crippen LogP contribution in [0.15, 0.2) is 23.4 Å². The van der Waals surface area contributed by atoms with E-state index in [4.69, 9.17) is 10.00 Å². The Morgan fingerprint density at radius 1 is 1.59 bits per heavy atom. The van der Waals surface area contributed by atoms with Crippen LogP contribution in [-0.2, 0) is 4.74 Å². The Hall–Kier alpha value is -1.74. The lowest BCUT2D eigenvalue weighted by Crippen LogP contribution is -2.35. The first-order valence-corrected chi connectivity index (χ1v) is 8.33. The van der Waals surface area contributed by atoms with Crippen LogP contribution in [0.25, 0.3) is 0 Å². The number of carbonyl (C=O) groups is 1. The summed E-state index contributed by atoms with van der Waals surface area (Å²) in [5, 5.41) is 9.74. The lowest BCUT2D eigenvalue weighted by molar-refractivity contribution is 0.0289. The lowest BCUT2D eigenvalue weighted by Gasteiger charge is -2.24. The first-order valence-electron chi connectivity index (χ1n) is 7.34. The molecule has 22 heavy (non-hydrogen) atoms. The van der Waals surface area contributed by atoms with Crippen LogP contribution < -0.4 is 0 Å². The summed E-state index contributed by atoms with van der Waals surface area (Å²) in [6.07, 6.45) is 2.40. The molecule has 0 N–H and O–H groups in total. The number of aromatic nitrogens is 1. The quantitative estimate of drug-likeness (QED) is 0.800. The van der Waals surface area contributed by atoms with Crippen molar-refractivity contribution in [2.45, 2.75) is 37.8 Å². The molecule has 1 saturated heterocycles. The number of hydrogen-bond acceptors (Lipinski definition) is 5. The summed E-state index contributed by atoms with van der Waals surface area (Å²) in [7, 11) is 0. The van der Waals surface area contributed by atoms with Crippen molar-refractivity contribution in [2.75, 3.05) is 18.8 Å². The molecule has 0 saturated carbocycles. The van der Waals surface area contributed by atoms with E-state index in [9.17, 15) is 4.79 Å². The largest absolute Gasteiger partial charge is 0.444 e. The minimum Gasteiger partial charge on any atom is -0.444 e. The van der Waals surface area contributed by atoms with E-state index in [0.717, 1.165) is 30.3 Å². The molecule has 0 radical (unpaired) electrons. The van der Waals surface area contributed by atoms with Gasteiger partial charge in [-0.05, 0) is 45.2 Å². The Morgan fingerprint density at radius 2 is 2.36 bits per heavy atom. The van der Waals surface area contributed by atoms with Gasteiger partial charge in [0.15, 0.2) is 0 Å². The SMILES string of the molecule is CC(C)(C)OC(=O)N1CCC(CSc2cc(C#N)ccn2)C1. The zero-order valence-electron chi connectivity index (χ0n) is 13.2. The van der Waals surface area contributed by atoms with E-state index < -0.39 is 5.60 Å². The first kappa shape index (κ1) is 16.6. The number of nitrogens with zero attached hydrogens (tertiary/aromatic N) is 3. The third-order valence-electron chi connectivity index (χ3n) is 3.27. The molecule has 1 atom stereocenters. The molecule has 5 nitrogen and oxygen atoms in total. The molecule has 6 heteroatoms. The summed E-state index contributed by atoms with van der Waals surface area (Å²) in [5.41, 5.74) is 0.172. The number of hydrogen-bond donors (Lipinski definition) is 0. The maximum Gasteiger partial charge on any atom is 0.410 e. The van der Waals surface area contributed by atoms with Gasteiger partial charge in [0, 0.05) is 25.0 Å². The molecule has 0 aliphatic carbocycles. The van der Waals surface area contributed by atoms with Gasteiger partial charge < -0.3 is 9.64 Å². The Kier molecular flexibility index (Phi) is 5.30. The van der Waals surface area contributed by atoms with Gasteiger partial charge in [-0.15, -0.1) is 11.8 Å². The second kappa shape index (κ2) is 7.01. The van der Waals surface area contributed by atoms with Crippen LogP contribution >= 0.6 is 11.8 Å². The summed E-state index contributed by atoms with van der Waals surface area (Å²) in [6, 6.07) is 5.61. The number of ether oxygens (including phenoxy) is 1. The Balaban J connectivity index is 1.81. The third-order valence-corrected chi connectivity index (χ3v) is 4.43. The maximum atomic E-state index is 12.0. The minimum atomic E-state index is -0.453. The third kappa shape index (κ3) is 4.92. The van der Waals surface area contributed by atoms with Crippen molar-refractivity contribution in [3.05, 3.63) is 23.9 Å². The fourth-order valence-corrected chi connectivity index (χ4v) is 3.25. The number of rotatable bonds is 3. The Labute approximate surface area is 135 Å². The predicted octanol–water partition coefficient (Wildman–Crippen LogP) is 3.30. The van der Waals surface area contributed by atoms with E-state index in [1.165, 1.54) is 0 Å². The number of nitriles is 1. The van der Waals surface area contributed by atoms with E-state index in [2.05, 4.69) is 11.1 Å². The number of amides is 1. The van der Waals surface area contributed by atoms with Crippen molar-refractivity contribution < 1.29 is 9.53 Å². The van der Waals surface area contributed by atoms with Crippen LogP contribution in [0.5, 0.6) is 0 Å². The zero-order valence-corrected chi connectivity index (χ0v) is 14.0. The van der Waals surface area contributed by atoms with Crippen molar-refractivity contribution in [1.82, 2.24) is 9.88 Å². The highest BCUT2D eigenvalue weighted by atomic mass is 32.2. The lowest BCUT2D eigenvalue weighted by atomic mass is 10.2. The van der Waals surface area contributed by atoms with E-state index in [1.807, 2.05) is 20.8 Å². The van der Waals surface area contributed by atoms with E-state index >= 15 is 0 Å². The highest BCUT2D eigenvalue weighted by molar-refractivity contribution is 7.99. The van der Waals surface area contributed by atoms with Gasteiger partial charge in [-0.3, -0.25) is 0 Å². The van der Waals surface area contributed by atoms with Gasteiger partial charge in [0.1, 0.15) is 5.60 Å². The number of likely N-dealkylation sites (tertiary alicyclic amines) is 1. The molecule has 1 amide bonds.